The molecule has 0 atom stereocenters. The first kappa shape index (κ1) is 21.0. The van der Waals surface area contributed by atoms with Gasteiger partial charge in [0.2, 0.25) is 0 Å². The van der Waals surface area contributed by atoms with Crippen LogP contribution in [0.3, 0.4) is 0 Å². The maximum atomic E-state index is 12.1. The first-order chi connectivity index (χ1) is 11.4. The number of aryl methyl sites for hydroxylation is 3. The molecular weight excluding hydrogens is 338 g/mol. The van der Waals surface area contributed by atoms with Crippen LogP contribution in [0.15, 0.2) is 24.3 Å². The predicted molar refractivity (Wildman–Crippen MR) is 105 cm³/mol. The van der Waals surface area contributed by atoms with Gasteiger partial charge in [0.15, 0.2) is 0 Å². The Morgan fingerprint density at radius 1 is 1.24 bits per heavy atom. The smallest absolute Gasteiger partial charge is 0.251 e. The molecule has 0 radical (unpaired) electrons. The minimum atomic E-state index is -0.0351. The van der Waals surface area contributed by atoms with Crippen molar-refractivity contribution in [3.05, 3.63) is 46.6 Å². The van der Waals surface area contributed by atoms with Crippen LogP contribution in [0, 0.1) is 13.8 Å². The number of rotatable bonds is 7. The molecule has 1 aromatic heterocycles. The highest BCUT2D eigenvalue weighted by atomic mass is 35.5. The molecule has 7 heteroatoms. The van der Waals surface area contributed by atoms with Crippen LogP contribution >= 0.6 is 12.4 Å². The lowest BCUT2D eigenvalue weighted by Gasteiger charge is -2.15. The molecule has 0 saturated heterocycles. The summed E-state index contributed by atoms with van der Waals surface area (Å²) in [5.74, 6) is 1.07. The molecule has 25 heavy (non-hydrogen) atoms. The Kier molecular flexibility index (Phi) is 7.93. The normalized spacial score (nSPS) is 10.3. The maximum absolute atomic E-state index is 12.1. The molecule has 0 aliphatic carbocycles. The van der Waals surface area contributed by atoms with Crippen molar-refractivity contribution in [3.8, 4) is 0 Å². The molecule has 0 spiro atoms. The number of hydrogen-bond acceptors (Lipinski definition) is 4. The summed E-state index contributed by atoms with van der Waals surface area (Å²) in [6, 6.07) is 7.61. The largest absolute Gasteiger partial charge is 0.363 e. The highest BCUT2D eigenvalue weighted by Gasteiger charge is 2.14. The second kappa shape index (κ2) is 9.44. The van der Waals surface area contributed by atoms with E-state index in [-0.39, 0.29) is 18.3 Å². The van der Waals surface area contributed by atoms with Crippen molar-refractivity contribution < 1.29 is 4.79 Å². The monoisotopic (exact) mass is 365 g/mol. The molecule has 1 amide bonds. The van der Waals surface area contributed by atoms with E-state index >= 15 is 0 Å². The molecule has 2 aromatic rings. The summed E-state index contributed by atoms with van der Waals surface area (Å²) in [5.41, 5.74) is 4.00. The second-order valence-corrected chi connectivity index (χ2v) is 6.21. The van der Waals surface area contributed by atoms with E-state index in [1.807, 2.05) is 63.9 Å². The topological polar surface area (TPSA) is 62.2 Å². The molecular formula is C18H28ClN5O. The van der Waals surface area contributed by atoms with Gasteiger partial charge in [0.05, 0.1) is 5.69 Å². The number of benzene rings is 1. The zero-order chi connectivity index (χ0) is 17.7. The Morgan fingerprint density at radius 2 is 1.96 bits per heavy atom. The fraction of sp³-hybridized carbons (Fsp3) is 0.444. The van der Waals surface area contributed by atoms with Crippen molar-refractivity contribution in [1.29, 1.82) is 0 Å². The third-order valence-electron chi connectivity index (χ3n) is 3.91. The lowest BCUT2D eigenvalue weighted by atomic mass is 10.1. The van der Waals surface area contributed by atoms with Gasteiger partial charge in [0, 0.05) is 51.9 Å². The Morgan fingerprint density at radius 3 is 2.60 bits per heavy atom. The number of amides is 1. The van der Waals surface area contributed by atoms with Gasteiger partial charge in [-0.15, -0.1) is 12.4 Å². The van der Waals surface area contributed by atoms with Crippen molar-refractivity contribution in [3.63, 3.8) is 0 Å². The van der Waals surface area contributed by atoms with Gasteiger partial charge in [0.25, 0.3) is 5.91 Å². The van der Waals surface area contributed by atoms with E-state index in [1.54, 1.807) is 0 Å². The molecule has 138 valence electrons. The number of nitrogens with zero attached hydrogens (tertiary/aromatic N) is 3. The molecule has 2 rings (SSSR count). The lowest BCUT2D eigenvalue weighted by molar-refractivity contribution is 0.0954. The molecule has 1 aromatic carbocycles. The van der Waals surface area contributed by atoms with Gasteiger partial charge in [-0.2, -0.15) is 5.10 Å². The molecule has 2 N–H and O–H groups in total. The Balaban J connectivity index is 0.00000312. The summed E-state index contributed by atoms with van der Waals surface area (Å²) in [4.78, 5) is 14.1. The van der Waals surface area contributed by atoms with Crippen molar-refractivity contribution in [1.82, 2.24) is 20.4 Å². The van der Waals surface area contributed by atoms with E-state index in [9.17, 15) is 4.79 Å². The number of hydrogen-bond donors (Lipinski definition) is 2. The molecule has 0 aliphatic rings. The maximum Gasteiger partial charge on any atom is 0.251 e. The fourth-order valence-electron chi connectivity index (χ4n) is 2.82. The number of carbonyl (C=O) groups excluding carboxylic acids is 1. The fourth-order valence-corrected chi connectivity index (χ4v) is 2.82. The van der Waals surface area contributed by atoms with Crippen molar-refractivity contribution in [2.75, 3.05) is 32.1 Å². The molecule has 0 bridgehead atoms. The molecule has 0 aliphatic heterocycles. The summed E-state index contributed by atoms with van der Waals surface area (Å²) >= 11 is 0. The van der Waals surface area contributed by atoms with Crippen LogP contribution in [0.2, 0.25) is 0 Å². The third-order valence-corrected chi connectivity index (χ3v) is 3.91. The van der Waals surface area contributed by atoms with E-state index in [2.05, 4.69) is 20.6 Å². The number of nitrogens with one attached hydrogen (secondary N) is 2. The van der Waals surface area contributed by atoms with Gasteiger partial charge in [0.1, 0.15) is 5.82 Å². The Bertz CT molecular complexity index is 711. The average Bonchev–Trinajstić information content (AvgIpc) is 2.80. The third kappa shape index (κ3) is 5.47. The van der Waals surface area contributed by atoms with Gasteiger partial charge in [-0.25, -0.2) is 0 Å². The Hall–Kier alpha value is -2.05. The summed E-state index contributed by atoms with van der Waals surface area (Å²) in [7, 11) is 5.98. The van der Waals surface area contributed by atoms with E-state index in [4.69, 9.17) is 0 Å². The summed E-state index contributed by atoms with van der Waals surface area (Å²) in [6.45, 7) is 6.02. The van der Waals surface area contributed by atoms with E-state index in [0.29, 0.717) is 18.7 Å². The van der Waals surface area contributed by atoms with Crippen LogP contribution in [-0.4, -0.2) is 42.9 Å². The molecule has 6 nitrogen and oxygen atoms in total. The predicted octanol–water partition coefficient (Wildman–Crippen LogP) is 2.04. The van der Waals surface area contributed by atoms with Gasteiger partial charge < -0.3 is 15.5 Å². The first-order valence-corrected chi connectivity index (χ1v) is 8.15. The molecule has 0 fully saturated rings. The second-order valence-electron chi connectivity index (χ2n) is 6.21. The number of anilines is 1. The van der Waals surface area contributed by atoms with E-state index in [0.717, 1.165) is 23.6 Å². The summed E-state index contributed by atoms with van der Waals surface area (Å²) < 4.78 is 1.89. The first-order valence-electron chi connectivity index (χ1n) is 8.15. The minimum absolute atomic E-state index is 0. The van der Waals surface area contributed by atoms with E-state index in [1.165, 1.54) is 5.56 Å². The SMILES string of the molecule is Cc1cccc(C(=O)NCCNCc2c(C)nn(C)c2N(C)C)c1.Cl. The number of carbonyl (C=O) groups is 1. The Labute approximate surface area is 156 Å². The highest BCUT2D eigenvalue weighted by Crippen LogP contribution is 2.20. The quantitative estimate of drug-likeness (QED) is 0.737. The van der Waals surface area contributed by atoms with Gasteiger partial charge in [-0.3, -0.25) is 9.48 Å². The van der Waals surface area contributed by atoms with Crippen LogP contribution < -0.4 is 15.5 Å². The van der Waals surface area contributed by atoms with Gasteiger partial charge in [-0.1, -0.05) is 17.7 Å². The lowest BCUT2D eigenvalue weighted by Crippen LogP contribution is -2.32. The zero-order valence-corrected chi connectivity index (χ0v) is 16.4. The molecule has 0 saturated carbocycles. The van der Waals surface area contributed by atoms with Crippen molar-refractivity contribution >= 4 is 24.1 Å². The van der Waals surface area contributed by atoms with Crippen LogP contribution in [0.4, 0.5) is 5.82 Å². The average molecular weight is 366 g/mol. The van der Waals surface area contributed by atoms with E-state index < -0.39 is 0 Å². The summed E-state index contributed by atoms with van der Waals surface area (Å²) in [6.07, 6.45) is 0. The van der Waals surface area contributed by atoms with Gasteiger partial charge in [-0.05, 0) is 26.0 Å². The minimum Gasteiger partial charge on any atom is -0.363 e. The van der Waals surface area contributed by atoms with Crippen LogP contribution in [0.5, 0.6) is 0 Å². The van der Waals surface area contributed by atoms with Gasteiger partial charge >= 0.3 is 0 Å². The van der Waals surface area contributed by atoms with Crippen LogP contribution in [0.25, 0.3) is 0 Å². The van der Waals surface area contributed by atoms with Crippen LogP contribution in [-0.2, 0) is 13.6 Å². The van der Waals surface area contributed by atoms with Crippen molar-refractivity contribution in [2.24, 2.45) is 7.05 Å². The van der Waals surface area contributed by atoms with Crippen molar-refractivity contribution in [2.45, 2.75) is 20.4 Å². The molecule has 1 heterocycles. The standard InChI is InChI=1S/C18H27N5O.ClH/c1-13-7-6-8-15(11-13)17(24)20-10-9-19-12-16-14(2)21-23(5)18(16)22(3)4;/h6-8,11,19H,9-10,12H2,1-5H3,(H,20,24);1H. The zero-order valence-electron chi connectivity index (χ0n) is 15.6. The number of halogens is 1. The number of aromatic nitrogens is 2. The molecule has 0 unspecified atom stereocenters. The summed E-state index contributed by atoms with van der Waals surface area (Å²) in [5, 5.41) is 10.8. The highest BCUT2D eigenvalue weighted by molar-refractivity contribution is 5.94. The van der Waals surface area contributed by atoms with Crippen LogP contribution in [0.1, 0.15) is 27.2 Å².